The highest BCUT2D eigenvalue weighted by molar-refractivity contribution is 5.59. The number of rotatable bonds is 9. The molecule has 1 aromatic rings. The van der Waals surface area contributed by atoms with Crippen molar-refractivity contribution in [3.05, 3.63) is 18.2 Å². The maximum absolute atomic E-state index is 10.1. The van der Waals surface area contributed by atoms with Crippen molar-refractivity contribution in [2.24, 2.45) is 0 Å². The lowest BCUT2D eigenvalue weighted by atomic mass is 10.2. The molecular weight excluding hydrogens is 256 g/mol. The molecule has 0 aliphatic heterocycles. The molecular formula is C15H26N2O3. The first-order valence-electron chi connectivity index (χ1n) is 7.00. The van der Waals surface area contributed by atoms with Crippen LogP contribution in [0.1, 0.15) is 13.8 Å². The Kier molecular flexibility index (Phi) is 7.18. The smallest absolute Gasteiger partial charge is 0.142 e. The number of nitrogens with zero attached hydrogens (tertiary/aromatic N) is 1. The van der Waals surface area contributed by atoms with E-state index in [9.17, 15) is 5.11 Å². The molecule has 1 rings (SSSR count). The van der Waals surface area contributed by atoms with Gasteiger partial charge in [0.25, 0.3) is 0 Å². The number of hydrogen-bond acceptors (Lipinski definition) is 5. The lowest BCUT2D eigenvalue weighted by Gasteiger charge is -2.22. The van der Waals surface area contributed by atoms with Gasteiger partial charge in [-0.25, -0.2) is 0 Å². The van der Waals surface area contributed by atoms with Crippen molar-refractivity contribution in [3.8, 4) is 11.5 Å². The molecule has 114 valence electrons. The van der Waals surface area contributed by atoms with Crippen LogP contribution < -0.4 is 14.8 Å². The van der Waals surface area contributed by atoms with Crippen molar-refractivity contribution < 1.29 is 14.6 Å². The molecule has 5 heteroatoms. The van der Waals surface area contributed by atoms with E-state index in [1.807, 2.05) is 18.2 Å². The van der Waals surface area contributed by atoms with Gasteiger partial charge in [-0.3, -0.25) is 0 Å². The summed E-state index contributed by atoms with van der Waals surface area (Å²) in [5.74, 6) is 1.49. The minimum Gasteiger partial charge on any atom is -0.497 e. The number of likely N-dealkylation sites (N-methyl/N-ethyl adjacent to an activating group) is 1. The Labute approximate surface area is 121 Å². The standard InChI is InChI=1S/C15H26N2O3/c1-5-17(6-2)11-12(18)10-16-14-9-13(19-3)7-8-15(14)20-4/h7-9,12,16,18H,5-6,10-11H2,1-4H3. The van der Waals surface area contributed by atoms with Crippen LogP contribution in [0.3, 0.4) is 0 Å². The van der Waals surface area contributed by atoms with Gasteiger partial charge in [-0.05, 0) is 25.2 Å². The highest BCUT2D eigenvalue weighted by Gasteiger charge is 2.10. The van der Waals surface area contributed by atoms with Gasteiger partial charge >= 0.3 is 0 Å². The Morgan fingerprint density at radius 3 is 2.45 bits per heavy atom. The molecule has 0 radical (unpaired) electrons. The molecule has 1 aromatic carbocycles. The average Bonchev–Trinajstić information content (AvgIpc) is 2.50. The number of aliphatic hydroxyl groups excluding tert-OH is 1. The van der Waals surface area contributed by atoms with Crippen molar-refractivity contribution in [1.29, 1.82) is 0 Å². The molecule has 20 heavy (non-hydrogen) atoms. The molecule has 5 nitrogen and oxygen atoms in total. The number of aliphatic hydroxyl groups is 1. The highest BCUT2D eigenvalue weighted by atomic mass is 16.5. The molecule has 0 spiro atoms. The van der Waals surface area contributed by atoms with Gasteiger partial charge in [-0.2, -0.15) is 0 Å². The minimum absolute atomic E-state index is 0.425. The molecule has 0 aliphatic rings. The lowest BCUT2D eigenvalue weighted by Crippen LogP contribution is -2.35. The summed E-state index contributed by atoms with van der Waals surface area (Å²) >= 11 is 0. The lowest BCUT2D eigenvalue weighted by molar-refractivity contribution is 0.128. The first kappa shape index (κ1) is 16.6. The number of methoxy groups -OCH3 is 2. The fourth-order valence-electron chi connectivity index (χ4n) is 2.02. The van der Waals surface area contributed by atoms with Crippen molar-refractivity contribution in [2.75, 3.05) is 45.7 Å². The predicted molar refractivity (Wildman–Crippen MR) is 81.8 cm³/mol. The number of benzene rings is 1. The molecule has 1 atom stereocenters. The van der Waals surface area contributed by atoms with Gasteiger partial charge in [0, 0.05) is 19.2 Å². The van der Waals surface area contributed by atoms with Crippen LogP contribution in [0.5, 0.6) is 11.5 Å². The van der Waals surface area contributed by atoms with Crippen molar-refractivity contribution >= 4 is 5.69 Å². The Balaban J connectivity index is 2.59. The van der Waals surface area contributed by atoms with Crippen LogP contribution in [0, 0.1) is 0 Å². The average molecular weight is 282 g/mol. The Morgan fingerprint density at radius 1 is 1.20 bits per heavy atom. The topological polar surface area (TPSA) is 54.0 Å². The van der Waals surface area contributed by atoms with Crippen LogP contribution in [-0.4, -0.2) is 56.5 Å². The molecule has 0 aliphatic carbocycles. The fraction of sp³-hybridized carbons (Fsp3) is 0.600. The van der Waals surface area contributed by atoms with E-state index in [0.717, 1.165) is 30.3 Å². The predicted octanol–water partition coefficient (Wildman–Crippen LogP) is 1.82. The van der Waals surface area contributed by atoms with Crippen LogP contribution >= 0.6 is 0 Å². The van der Waals surface area contributed by atoms with E-state index >= 15 is 0 Å². The Morgan fingerprint density at radius 2 is 1.90 bits per heavy atom. The molecule has 0 fully saturated rings. The summed E-state index contributed by atoms with van der Waals surface area (Å²) < 4.78 is 10.5. The van der Waals surface area contributed by atoms with Gasteiger partial charge in [0.15, 0.2) is 0 Å². The van der Waals surface area contributed by atoms with E-state index in [0.29, 0.717) is 13.1 Å². The third-order valence-corrected chi connectivity index (χ3v) is 3.30. The summed E-state index contributed by atoms with van der Waals surface area (Å²) in [6.45, 7) is 7.20. The maximum Gasteiger partial charge on any atom is 0.142 e. The second kappa shape index (κ2) is 8.66. The van der Waals surface area contributed by atoms with Crippen LogP contribution in [-0.2, 0) is 0 Å². The Bertz CT molecular complexity index is 395. The zero-order valence-electron chi connectivity index (χ0n) is 12.8. The molecule has 0 saturated carbocycles. The fourth-order valence-corrected chi connectivity index (χ4v) is 2.02. The third kappa shape index (κ3) is 4.90. The van der Waals surface area contributed by atoms with Gasteiger partial charge in [-0.1, -0.05) is 13.8 Å². The SMILES string of the molecule is CCN(CC)CC(O)CNc1cc(OC)ccc1OC. The summed E-state index contributed by atoms with van der Waals surface area (Å²) in [6, 6.07) is 5.55. The van der Waals surface area contributed by atoms with Crippen LogP contribution in [0.15, 0.2) is 18.2 Å². The molecule has 0 saturated heterocycles. The van der Waals surface area contributed by atoms with E-state index in [2.05, 4.69) is 24.1 Å². The van der Waals surface area contributed by atoms with Crippen molar-refractivity contribution in [3.63, 3.8) is 0 Å². The molecule has 1 unspecified atom stereocenters. The van der Waals surface area contributed by atoms with E-state index in [1.54, 1.807) is 14.2 Å². The normalized spacial score (nSPS) is 12.3. The van der Waals surface area contributed by atoms with E-state index in [-0.39, 0.29) is 0 Å². The summed E-state index contributed by atoms with van der Waals surface area (Å²) in [4.78, 5) is 2.19. The van der Waals surface area contributed by atoms with Gasteiger partial charge in [0.05, 0.1) is 26.0 Å². The summed E-state index contributed by atoms with van der Waals surface area (Å²) in [7, 11) is 3.25. The van der Waals surface area contributed by atoms with Crippen LogP contribution in [0.2, 0.25) is 0 Å². The maximum atomic E-state index is 10.1. The molecule has 2 N–H and O–H groups in total. The number of anilines is 1. The summed E-state index contributed by atoms with van der Waals surface area (Å²) in [5.41, 5.74) is 0.824. The number of hydrogen-bond donors (Lipinski definition) is 2. The molecule has 0 aromatic heterocycles. The molecule has 0 bridgehead atoms. The first-order valence-corrected chi connectivity index (χ1v) is 7.00. The zero-order valence-corrected chi connectivity index (χ0v) is 12.8. The second-order valence-corrected chi connectivity index (χ2v) is 4.59. The summed E-state index contributed by atoms with van der Waals surface area (Å²) in [5, 5.41) is 13.3. The van der Waals surface area contributed by atoms with Crippen molar-refractivity contribution in [1.82, 2.24) is 4.90 Å². The minimum atomic E-state index is -0.425. The van der Waals surface area contributed by atoms with E-state index < -0.39 is 6.10 Å². The number of nitrogens with one attached hydrogen (secondary N) is 1. The van der Waals surface area contributed by atoms with Gasteiger partial charge in [0.2, 0.25) is 0 Å². The Hall–Kier alpha value is -1.46. The van der Waals surface area contributed by atoms with Crippen LogP contribution in [0.4, 0.5) is 5.69 Å². The molecule has 0 amide bonds. The third-order valence-electron chi connectivity index (χ3n) is 3.30. The first-order chi connectivity index (χ1) is 9.64. The summed E-state index contributed by atoms with van der Waals surface area (Å²) in [6.07, 6.45) is -0.425. The molecule has 0 heterocycles. The van der Waals surface area contributed by atoms with Gasteiger partial charge in [0.1, 0.15) is 11.5 Å². The highest BCUT2D eigenvalue weighted by Crippen LogP contribution is 2.28. The second-order valence-electron chi connectivity index (χ2n) is 4.59. The van der Waals surface area contributed by atoms with E-state index in [4.69, 9.17) is 9.47 Å². The zero-order chi connectivity index (χ0) is 15.0. The number of ether oxygens (including phenoxy) is 2. The van der Waals surface area contributed by atoms with Crippen LogP contribution in [0.25, 0.3) is 0 Å². The van der Waals surface area contributed by atoms with Gasteiger partial charge < -0.3 is 24.8 Å². The quantitative estimate of drug-likeness (QED) is 0.723. The van der Waals surface area contributed by atoms with Crippen molar-refractivity contribution in [2.45, 2.75) is 20.0 Å². The van der Waals surface area contributed by atoms with E-state index in [1.165, 1.54) is 0 Å². The van der Waals surface area contributed by atoms with Gasteiger partial charge in [-0.15, -0.1) is 0 Å². The monoisotopic (exact) mass is 282 g/mol. The largest absolute Gasteiger partial charge is 0.497 e.